The topological polar surface area (TPSA) is 112 Å². The number of carbonyl (C=O) groups is 1. The predicted octanol–water partition coefficient (Wildman–Crippen LogP) is 5.55. The summed E-state index contributed by atoms with van der Waals surface area (Å²) in [6.07, 6.45) is 11.3. The molecular weight excluding hydrogens is 522 g/mol. The molecule has 5 N–H and O–H groups in total. The average Bonchev–Trinajstić information content (AvgIpc) is 3.38. The van der Waals surface area contributed by atoms with Crippen LogP contribution < -0.4 is 16.4 Å². The smallest absolute Gasteiger partial charge is 0.251 e. The Labute approximate surface area is 240 Å². The van der Waals surface area contributed by atoms with Gasteiger partial charge in [-0.05, 0) is 63.5 Å². The van der Waals surface area contributed by atoms with E-state index in [2.05, 4.69) is 31.6 Å². The summed E-state index contributed by atoms with van der Waals surface area (Å²) in [5.74, 6) is 0.464. The fourth-order valence-corrected chi connectivity index (χ4v) is 5.38. The molecule has 1 fully saturated rings. The molecule has 40 heavy (non-hydrogen) atoms. The largest absolute Gasteiger partial charge is 0.360 e. The van der Waals surface area contributed by atoms with Crippen molar-refractivity contribution in [2.75, 3.05) is 26.0 Å². The highest BCUT2D eigenvalue weighted by molar-refractivity contribution is 6.33. The molecule has 2 aromatic heterocycles. The van der Waals surface area contributed by atoms with Crippen LogP contribution in [0.2, 0.25) is 5.02 Å². The maximum absolute atomic E-state index is 13.0. The minimum Gasteiger partial charge on any atom is -0.360 e. The number of H-pyrrole nitrogens is 1. The van der Waals surface area contributed by atoms with E-state index in [1.54, 1.807) is 6.20 Å². The van der Waals surface area contributed by atoms with Crippen LogP contribution in [-0.4, -0.2) is 58.5 Å². The van der Waals surface area contributed by atoms with Crippen molar-refractivity contribution in [2.24, 2.45) is 5.73 Å². The van der Waals surface area contributed by atoms with Crippen LogP contribution in [0.25, 0.3) is 22.2 Å². The summed E-state index contributed by atoms with van der Waals surface area (Å²) in [6.45, 7) is 0.834. The fraction of sp³-hybridized carbons (Fsp3) is 0.323. The zero-order valence-electron chi connectivity index (χ0n) is 22.9. The monoisotopic (exact) mass is 557 g/mol. The normalized spacial score (nSPS) is 18.3. The first-order valence-electron chi connectivity index (χ1n) is 13.7. The van der Waals surface area contributed by atoms with Crippen molar-refractivity contribution in [3.05, 3.63) is 89.2 Å². The summed E-state index contributed by atoms with van der Waals surface area (Å²) in [7, 11) is 4.03. The number of fused-ring (bicyclic) bond motifs is 1. The minimum absolute atomic E-state index is 0.0649. The second kappa shape index (κ2) is 12.6. The molecule has 0 spiro atoms. The number of amides is 1. The molecule has 208 valence electrons. The number of aromatic nitrogens is 3. The maximum Gasteiger partial charge on any atom is 0.251 e. The van der Waals surface area contributed by atoms with E-state index in [0.717, 1.165) is 54.3 Å². The third-order valence-electron chi connectivity index (χ3n) is 7.30. The Balaban J connectivity index is 1.20. The van der Waals surface area contributed by atoms with Crippen molar-refractivity contribution < 1.29 is 4.79 Å². The molecule has 1 saturated carbocycles. The minimum atomic E-state index is -0.200. The Kier molecular flexibility index (Phi) is 8.79. The van der Waals surface area contributed by atoms with E-state index in [0.29, 0.717) is 22.2 Å². The first-order valence-corrected chi connectivity index (χ1v) is 14.1. The Morgan fingerprint density at radius 1 is 1.18 bits per heavy atom. The first-order chi connectivity index (χ1) is 19.4. The van der Waals surface area contributed by atoms with Gasteiger partial charge in [-0.1, -0.05) is 54.1 Å². The number of hydrogen-bond donors (Lipinski definition) is 4. The van der Waals surface area contributed by atoms with E-state index in [4.69, 9.17) is 22.3 Å². The number of halogens is 1. The quantitative estimate of drug-likeness (QED) is 0.201. The molecule has 9 heteroatoms. The zero-order chi connectivity index (χ0) is 28.1. The first kappa shape index (κ1) is 27.8. The lowest BCUT2D eigenvalue weighted by Crippen LogP contribution is -2.42. The third kappa shape index (κ3) is 6.70. The van der Waals surface area contributed by atoms with Gasteiger partial charge in [-0.3, -0.25) is 4.79 Å². The Morgan fingerprint density at radius 2 is 1.95 bits per heavy atom. The molecule has 8 nitrogen and oxygen atoms in total. The second-order valence-electron chi connectivity index (χ2n) is 10.7. The molecule has 0 bridgehead atoms. The SMILES string of the molecule is CN(C)C/C=C/C(N)c1ccc(C(=O)NC2CCCC(Nc3ncc(Cl)c(-c4c[nH]c5ccccc45)n3)C2)cc1. The molecule has 4 aromatic rings. The summed E-state index contributed by atoms with van der Waals surface area (Å²) in [4.78, 5) is 27.6. The number of nitrogens with one attached hydrogen (secondary N) is 3. The van der Waals surface area contributed by atoms with E-state index in [1.165, 1.54) is 0 Å². The van der Waals surface area contributed by atoms with Crippen LogP contribution in [-0.2, 0) is 0 Å². The molecule has 1 amide bonds. The van der Waals surface area contributed by atoms with Crippen LogP contribution in [0.1, 0.15) is 47.6 Å². The number of hydrogen-bond acceptors (Lipinski definition) is 6. The van der Waals surface area contributed by atoms with Gasteiger partial charge in [0.05, 0.1) is 16.9 Å². The summed E-state index contributed by atoms with van der Waals surface area (Å²) < 4.78 is 0. The summed E-state index contributed by atoms with van der Waals surface area (Å²) in [6, 6.07) is 15.6. The van der Waals surface area contributed by atoms with Crippen molar-refractivity contribution in [1.29, 1.82) is 0 Å². The molecular formula is C31H36ClN7O. The number of nitrogens with zero attached hydrogens (tertiary/aromatic N) is 3. The van der Waals surface area contributed by atoms with Gasteiger partial charge in [-0.25, -0.2) is 9.97 Å². The number of nitrogens with two attached hydrogens (primary N) is 1. The summed E-state index contributed by atoms with van der Waals surface area (Å²) >= 11 is 6.50. The Hall–Kier alpha value is -3.72. The van der Waals surface area contributed by atoms with Gasteiger partial charge in [0.25, 0.3) is 5.91 Å². The standard InChI is InChI=1S/C31H36ClN7O/c1-39(2)16-6-10-27(33)20-12-14-21(15-13-20)30(40)36-22-7-5-8-23(17-22)37-31-35-19-26(32)29(38-31)25-18-34-28-11-4-3-9-24(25)28/h3-4,6,9-15,18-19,22-23,27,34H,5,7-8,16-17,33H2,1-2H3,(H,36,40)(H,35,37,38)/b10-6+. The average molecular weight is 558 g/mol. The molecule has 1 aliphatic carbocycles. The number of carbonyl (C=O) groups excluding carboxylic acids is 1. The molecule has 3 unspecified atom stereocenters. The third-order valence-corrected chi connectivity index (χ3v) is 7.58. The number of likely N-dealkylation sites (N-methyl/N-ethyl adjacent to an activating group) is 1. The van der Waals surface area contributed by atoms with Crippen LogP contribution in [0.15, 0.2) is 73.1 Å². The van der Waals surface area contributed by atoms with E-state index in [9.17, 15) is 4.79 Å². The highest BCUT2D eigenvalue weighted by Crippen LogP contribution is 2.32. The number of rotatable bonds is 9. The molecule has 0 radical (unpaired) electrons. The van der Waals surface area contributed by atoms with Crippen molar-refractivity contribution in [2.45, 2.75) is 43.8 Å². The van der Waals surface area contributed by atoms with Crippen LogP contribution in [0.3, 0.4) is 0 Å². The second-order valence-corrected chi connectivity index (χ2v) is 11.1. The highest BCUT2D eigenvalue weighted by Gasteiger charge is 2.25. The van der Waals surface area contributed by atoms with Crippen molar-refractivity contribution >= 4 is 34.4 Å². The summed E-state index contributed by atoms with van der Waals surface area (Å²) in [5.41, 5.74) is 10.5. The van der Waals surface area contributed by atoms with E-state index in [-0.39, 0.29) is 24.0 Å². The van der Waals surface area contributed by atoms with Gasteiger partial charge < -0.3 is 26.3 Å². The van der Waals surface area contributed by atoms with Crippen LogP contribution in [0, 0.1) is 0 Å². The molecule has 0 aliphatic heterocycles. The maximum atomic E-state index is 13.0. The molecule has 3 atom stereocenters. The van der Waals surface area contributed by atoms with Crippen LogP contribution >= 0.6 is 11.6 Å². The Morgan fingerprint density at radius 3 is 2.75 bits per heavy atom. The molecule has 0 saturated heterocycles. The number of aromatic amines is 1. The van der Waals surface area contributed by atoms with Gasteiger partial charge in [0.2, 0.25) is 5.95 Å². The molecule has 2 aromatic carbocycles. The van der Waals surface area contributed by atoms with Crippen molar-refractivity contribution in [1.82, 2.24) is 25.2 Å². The van der Waals surface area contributed by atoms with Gasteiger partial charge in [-0.15, -0.1) is 0 Å². The molecule has 1 aliphatic rings. The number of benzene rings is 2. The predicted molar refractivity (Wildman–Crippen MR) is 163 cm³/mol. The lowest BCUT2D eigenvalue weighted by molar-refractivity contribution is 0.0926. The number of para-hydroxylation sites is 1. The van der Waals surface area contributed by atoms with Crippen LogP contribution in [0.5, 0.6) is 0 Å². The molecule has 5 rings (SSSR count). The van der Waals surface area contributed by atoms with Gasteiger partial charge in [0.15, 0.2) is 0 Å². The van der Waals surface area contributed by atoms with Crippen molar-refractivity contribution in [3.63, 3.8) is 0 Å². The van der Waals surface area contributed by atoms with Gasteiger partial charge in [-0.2, -0.15) is 0 Å². The number of anilines is 1. The molecule has 2 heterocycles. The highest BCUT2D eigenvalue weighted by atomic mass is 35.5. The fourth-order valence-electron chi connectivity index (χ4n) is 5.18. The van der Waals surface area contributed by atoms with Crippen LogP contribution in [0.4, 0.5) is 5.95 Å². The lowest BCUT2D eigenvalue weighted by Gasteiger charge is -2.30. The lowest BCUT2D eigenvalue weighted by atomic mass is 9.90. The van der Waals surface area contributed by atoms with E-state index in [1.807, 2.05) is 74.9 Å². The zero-order valence-corrected chi connectivity index (χ0v) is 23.7. The van der Waals surface area contributed by atoms with Gasteiger partial charge >= 0.3 is 0 Å². The van der Waals surface area contributed by atoms with Crippen molar-refractivity contribution in [3.8, 4) is 11.3 Å². The van der Waals surface area contributed by atoms with E-state index < -0.39 is 0 Å². The van der Waals surface area contributed by atoms with Gasteiger partial charge in [0.1, 0.15) is 0 Å². The van der Waals surface area contributed by atoms with E-state index >= 15 is 0 Å². The summed E-state index contributed by atoms with van der Waals surface area (Å²) in [5, 5.41) is 8.25. The van der Waals surface area contributed by atoms with Gasteiger partial charge in [0, 0.05) is 52.9 Å². The Bertz CT molecular complexity index is 1480.